The van der Waals surface area contributed by atoms with Gasteiger partial charge in [0.2, 0.25) is 5.91 Å². The number of hydrogen-bond donors (Lipinski definition) is 1. The quantitative estimate of drug-likeness (QED) is 0.685. The van der Waals surface area contributed by atoms with Crippen molar-refractivity contribution in [3.63, 3.8) is 0 Å². The fourth-order valence-corrected chi connectivity index (χ4v) is 1.29. The summed E-state index contributed by atoms with van der Waals surface area (Å²) in [5.74, 6) is -0.953. The van der Waals surface area contributed by atoms with Gasteiger partial charge in [-0.3, -0.25) is 14.4 Å². The van der Waals surface area contributed by atoms with E-state index in [1.54, 1.807) is 27.7 Å². The molecule has 1 atom stereocenters. The Bertz CT molecular complexity index is 319. The predicted octanol–water partition coefficient (Wildman–Crippen LogP) is 1.50. The maximum Gasteiger partial charge on any atom is 0.243 e. The van der Waals surface area contributed by atoms with Crippen LogP contribution in [0, 0.1) is 11.8 Å². The number of amides is 1. The molecule has 0 fully saturated rings. The SMILES string of the molecule is C=CC(=O)NC(CC(=O)C(C)C)C(=O)C(C)C. The molecule has 0 spiro atoms. The Balaban J connectivity index is 4.73. The minimum atomic E-state index is -0.740. The predicted molar refractivity (Wildman–Crippen MR) is 66.4 cm³/mol. The Morgan fingerprint density at radius 2 is 1.65 bits per heavy atom. The van der Waals surface area contributed by atoms with Crippen molar-refractivity contribution >= 4 is 17.5 Å². The van der Waals surface area contributed by atoms with Gasteiger partial charge in [-0.2, -0.15) is 0 Å². The van der Waals surface area contributed by atoms with E-state index in [4.69, 9.17) is 0 Å². The highest BCUT2D eigenvalue weighted by molar-refractivity contribution is 5.97. The van der Waals surface area contributed by atoms with Crippen LogP contribution < -0.4 is 5.32 Å². The van der Waals surface area contributed by atoms with Gasteiger partial charge in [-0.25, -0.2) is 0 Å². The van der Waals surface area contributed by atoms with E-state index in [1.165, 1.54) is 0 Å². The third-order valence-corrected chi connectivity index (χ3v) is 2.46. The molecule has 0 saturated carbocycles. The van der Waals surface area contributed by atoms with Gasteiger partial charge in [0.15, 0.2) is 5.78 Å². The van der Waals surface area contributed by atoms with Crippen LogP contribution in [-0.2, 0) is 14.4 Å². The molecule has 96 valence electrons. The first kappa shape index (κ1) is 15.6. The van der Waals surface area contributed by atoms with Gasteiger partial charge < -0.3 is 5.32 Å². The highest BCUT2D eigenvalue weighted by Crippen LogP contribution is 2.08. The van der Waals surface area contributed by atoms with E-state index in [9.17, 15) is 14.4 Å². The normalized spacial score (nSPS) is 12.4. The van der Waals surface area contributed by atoms with Crippen molar-refractivity contribution in [2.75, 3.05) is 0 Å². The smallest absolute Gasteiger partial charge is 0.243 e. The Kier molecular flexibility index (Phi) is 6.39. The largest absolute Gasteiger partial charge is 0.342 e. The lowest BCUT2D eigenvalue weighted by atomic mass is 9.94. The minimum absolute atomic E-state index is 0.0339. The average Bonchev–Trinajstić information content (AvgIpc) is 2.26. The number of nitrogens with one attached hydrogen (secondary N) is 1. The molecule has 17 heavy (non-hydrogen) atoms. The van der Waals surface area contributed by atoms with Gasteiger partial charge in [-0.05, 0) is 6.08 Å². The van der Waals surface area contributed by atoms with Gasteiger partial charge >= 0.3 is 0 Å². The van der Waals surface area contributed by atoms with E-state index in [0.29, 0.717) is 0 Å². The molecule has 0 aliphatic rings. The first-order valence-corrected chi connectivity index (χ1v) is 5.79. The van der Waals surface area contributed by atoms with Crippen LogP contribution in [0.1, 0.15) is 34.1 Å². The van der Waals surface area contributed by atoms with Crippen LogP contribution in [0.5, 0.6) is 0 Å². The monoisotopic (exact) mass is 239 g/mol. The highest BCUT2D eigenvalue weighted by atomic mass is 16.2. The zero-order valence-electron chi connectivity index (χ0n) is 10.9. The zero-order valence-corrected chi connectivity index (χ0v) is 10.9. The van der Waals surface area contributed by atoms with Crippen molar-refractivity contribution < 1.29 is 14.4 Å². The summed E-state index contributed by atoms with van der Waals surface area (Å²) in [4.78, 5) is 34.7. The number of rotatable bonds is 7. The molecule has 0 aromatic carbocycles. The maximum atomic E-state index is 11.9. The lowest BCUT2D eigenvalue weighted by molar-refractivity contribution is -0.131. The van der Waals surface area contributed by atoms with E-state index in [-0.39, 0.29) is 29.8 Å². The number of Topliss-reactive ketones (excluding diaryl/α,β-unsaturated/α-hetero) is 2. The van der Waals surface area contributed by atoms with Gasteiger partial charge in [0.05, 0.1) is 6.04 Å². The van der Waals surface area contributed by atoms with Crippen molar-refractivity contribution in [3.8, 4) is 0 Å². The highest BCUT2D eigenvalue weighted by Gasteiger charge is 2.25. The summed E-state index contributed by atoms with van der Waals surface area (Å²) in [5, 5.41) is 2.51. The molecule has 1 amide bonds. The van der Waals surface area contributed by atoms with Crippen molar-refractivity contribution in [3.05, 3.63) is 12.7 Å². The lowest BCUT2D eigenvalue weighted by Gasteiger charge is -2.19. The summed E-state index contributed by atoms with van der Waals surface area (Å²) in [6.45, 7) is 10.4. The summed E-state index contributed by atoms with van der Waals surface area (Å²) in [6, 6.07) is -0.740. The standard InChI is InChI=1S/C13H21NO3/c1-6-12(16)14-10(13(17)9(4)5)7-11(15)8(2)3/h6,8-10H,1,7H2,2-5H3,(H,14,16). The second-order valence-corrected chi connectivity index (χ2v) is 4.65. The van der Waals surface area contributed by atoms with E-state index in [1.807, 2.05) is 0 Å². The van der Waals surface area contributed by atoms with E-state index in [0.717, 1.165) is 6.08 Å². The van der Waals surface area contributed by atoms with Crippen LogP contribution >= 0.6 is 0 Å². The molecule has 0 heterocycles. The molecule has 1 unspecified atom stereocenters. The summed E-state index contributed by atoms with van der Waals surface area (Å²) in [5.41, 5.74) is 0. The third kappa shape index (κ3) is 5.43. The molecule has 0 aromatic rings. The molecule has 0 radical (unpaired) electrons. The number of carbonyl (C=O) groups excluding carboxylic acids is 3. The molecule has 0 saturated heterocycles. The fraction of sp³-hybridized carbons (Fsp3) is 0.615. The molecule has 0 bridgehead atoms. The molecule has 0 rings (SSSR count). The van der Waals surface area contributed by atoms with Gasteiger partial charge in [-0.1, -0.05) is 34.3 Å². The summed E-state index contributed by atoms with van der Waals surface area (Å²) < 4.78 is 0. The van der Waals surface area contributed by atoms with Crippen molar-refractivity contribution in [2.24, 2.45) is 11.8 Å². The van der Waals surface area contributed by atoms with Crippen LogP contribution in [-0.4, -0.2) is 23.5 Å². The van der Waals surface area contributed by atoms with Gasteiger partial charge in [0.25, 0.3) is 0 Å². The number of hydrogen-bond acceptors (Lipinski definition) is 3. The maximum absolute atomic E-state index is 11.9. The van der Waals surface area contributed by atoms with Gasteiger partial charge in [-0.15, -0.1) is 0 Å². The van der Waals surface area contributed by atoms with E-state index in [2.05, 4.69) is 11.9 Å². The van der Waals surface area contributed by atoms with Gasteiger partial charge in [0.1, 0.15) is 5.78 Å². The third-order valence-electron chi connectivity index (χ3n) is 2.46. The molecule has 0 aromatic heterocycles. The molecule has 0 aliphatic carbocycles. The first-order chi connectivity index (χ1) is 7.79. The lowest BCUT2D eigenvalue weighted by Crippen LogP contribution is -2.43. The summed E-state index contributed by atoms with van der Waals surface area (Å²) in [7, 11) is 0. The van der Waals surface area contributed by atoms with Crippen molar-refractivity contribution in [1.29, 1.82) is 0 Å². The van der Waals surface area contributed by atoms with Crippen LogP contribution in [0.3, 0.4) is 0 Å². The number of ketones is 2. The average molecular weight is 239 g/mol. The first-order valence-electron chi connectivity index (χ1n) is 5.79. The molecule has 1 N–H and O–H groups in total. The Hall–Kier alpha value is -1.45. The van der Waals surface area contributed by atoms with Crippen molar-refractivity contribution in [2.45, 2.75) is 40.2 Å². The fourth-order valence-electron chi connectivity index (χ4n) is 1.29. The Morgan fingerprint density at radius 3 is 2.00 bits per heavy atom. The zero-order chi connectivity index (χ0) is 13.6. The molecule has 4 nitrogen and oxygen atoms in total. The molecular weight excluding hydrogens is 218 g/mol. The van der Waals surface area contributed by atoms with Crippen molar-refractivity contribution in [1.82, 2.24) is 5.32 Å². The van der Waals surface area contributed by atoms with E-state index >= 15 is 0 Å². The topological polar surface area (TPSA) is 63.2 Å². The minimum Gasteiger partial charge on any atom is -0.342 e. The summed E-state index contributed by atoms with van der Waals surface area (Å²) in [6.07, 6.45) is 1.15. The number of carbonyl (C=O) groups is 3. The van der Waals surface area contributed by atoms with E-state index < -0.39 is 11.9 Å². The summed E-state index contributed by atoms with van der Waals surface area (Å²) >= 11 is 0. The molecule has 0 aliphatic heterocycles. The second-order valence-electron chi connectivity index (χ2n) is 4.65. The Labute approximate surface area is 102 Å². The van der Waals surface area contributed by atoms with Crippen LogP contribution in [0.2, 0.25) is 0 Å². The van der Waals surface area contributed by atoms with Crippen LogP contribution in [0.15, 0.2) is 12.7 Å². The Morgan fingerprint density at radius 1 is 1.12 bits per heavy atom. The molecular formula is C13H21NO3. The van der Waals surface area contributed by atoms with Crippen LogP contribution in [0.4, 0.5) is 0 Å². The van der Waals surface area contributed by atoms with Crippen LogP contribution in [0.25, 0.3) is 0 Å². The van der Waals surface area contributed by atoms with Gasteiger partial charge in [0, 0.05) is 18.3 Å². The second kappa shape index (κ2) is 6.99. The molecule has 4 heteroatoms.